The predicted octanol–water partition coefficient (Wildman–Crippen LogP) is 6.17. The van der Waals surface area contributed by atoms with Crippen molar-refractivity contribution in [2.24, 2.45) is 0 Å². The Morgan fingerprint density at radius 2 is 1.48 bits per heavy atom. The molecule has 0 spiro atoms. The van der Waals surface area contributed by atoms with Gasteiger partial charge in [-0.25, -0.2) is 0 Å². The smallest absolute Gasteiger partial charge is 0.150 e. The average Bonchev–Trinajstić information content (AvgIpc) is 2.60. The second-order valence-electron chi connectivity index (χ2n) is 6.14. The van der Waals surface area contributed by atoms with Gasteiger partial charge >= 0.3 is 0 Å². The van der Waals surface area contributed by atoms with Crippen LogP contribution in [0.3, 0.4) is 0 Å². The van der Waals surface area contributed by atoms with Crippen molar-refractivity contribution in [1.82, 2.24) is 0 Å². The number of aldehydes is 1. The minimum atomic E-state index is 0.722. The molecule has 0 saturated carbocycles. The van der Waals surface area contributed by atoms with Crippen LogP contribution in [-0.4, -0.2) is 12.9 Å². The van der Waals surface area contributed by atoms with Crippen LogP contribution in [0.15, 0.2) is 36.4 Å². The molecular weight excluding hydrogens is 284 g/mol. The molecule has 2 heteroatoms. The minimum absolute atomic E-state index is 0.722. The van der Waals surface area contributed by atoms with Gasteiger partial charge in [0, 0.05) is 10.9 Å². The van der Waals surface area contributed by atoms with Gasteiger partial charge in [0.1, 0.15) is 5.75 Å². The number of unbranched alkanes of at least 4 members (excludes halogenated alkanes) is 7. The van der Waals surface area contributed by atoms with Crippen molar-refractivity contribution in [2.75, 3.05) is 6.61 Å². The second kappa shape index (κ2) is 10.0. The Bertz CT molecular complexity index is 604. The van der Waals surface area contributed by atoms with Gasteiger partial charge in [-0.1, -0.05) is 76.1 Å². The lowest BCUT2D eigenvalue weighted by atomic mass is 10.0. The summed E-state index contributed by atoms with van der Waals surface area (Å²) < 4.78 is 5.95. The number of ether oxygens (including phenoxy) is 1. The van der Waals surface area contributed by atoms with E-state index in [-0.39, 0.29) is 0 Å². The molecule has 0 aliphatic heterocycles. The van der Waals surface area contributed by atoms with Crippen LogP contribution in [0.4, 0.5) is 0 Å². The third kappa shape index (κ3) is 5.38. The molecule has 0 aliphatic rings. The normalized spacial score (nSPS) is 10.8. The average molecular weight is 312 g/mol. The van der Waals surface area contributed by atoms with Gasteiger partial charge in [0.2, 0.25) is 0 Å². The highest BCUT2D eigenvalue weighted by Crippen LogP contribution is 2.28. The van der Waals surface area contributed by atoms with Gasteiger partial charge in [-0.15, -0.1) is 0 Å². The summed E-state index contributed by atoms with van der Waals surface area (Å²) in [6.07, 6.45) is 11.3. The summed E-state index contributed by atoms with van der Waals surface area (Å²) in [5.41, 5.74) is 0.722. The first-order valence-electron chi connectivity index (χ1n) is 8.96. The van der Waals surface area contributed by atoms with Crippen LogP contribution in [0.2, 0.25) is 0 Å². The van der Waals surface area contributed by atoms with E-state index in [0.717, 1.165) is 41.4 Å². The van der Waals surface area contributed by atoms with Crippen molar-refractivity contribution in [2.45, 2.75) is 58.3 Å². The molecule has 0 bridgehead atoms. The van der Waals surface area contributed by atoms with Crippen molar-refractivity contribution < 1.29 is 9.53 Å². The molecular formula is C21H28O2. The van der Waals surface area contributed by atoms with Crippen molar-refractivity contribution in [3.05, 3.63) is 42.0 Å². The standard InChI is InChI=1S/C21H28O2/c1-2-3-4-5-6-7-8-11-16-23-21-15-14-18(17-22)19-12-9-10-13-20(19)21/h9-10,12-15,17H,2-8,11,16H2,1H3. The van der Waals surface area contributed by atoms with Gasteiger partial charge in [-0.05, 0) is 23.9 Å². The molecule has 0 heterocycles. The number of carbonyl (C=O) groups is 1. The fraction of sp³-hybridized carbons (Fsp3) is 0.476. The van der Waals surface area contributed by atoms with Crippen LogP contribution >= 0.6 is 0 Å². The van der Waals surface area contributed by atoms with Crippen LogP contribution in [-0.2, 0) is 0 Å². The summed E-state index contributed by atoms with van der Waals surface area (Å²) >= 11 is 0. The molecule has 2 aromatic rings. The first-order chi connectivity index (χ1) is 11.4. The van der Waals surface area contributed by atoms with E-state index in [9.17, 15) is 4.79 Å². The Morgan fingerprint density at radius 1 is 0.826 bits per heavy atom. The van der Waals surface area contributed by atoms with E-state index in [4.69, 9.17) is 4.74 Å². The number of carbonyl (C=O) groups excluding carboxylic acids is 1. The van der Waals surface area contributed by atoms with Crippen LogP contribution < -0.4 is 4.74 Å². The first-order valence-corrected chi connectivity index (χ1v) is 8.96. The molecule has 0 atom stereocenters. The van der Waals surface area contributed by atoms with Gasteiger partial charge < -0.3 is 4.74 Å². The summed E-state index contributed by atoms with van der Waals surface area (Å²) in [5.74, 6) is 0.883. The quantitative estimate of drug-likeness (QED) is 0.366. The van der Waals surface area contributed by atoms with Crippen LogP contribution in [0, 0.1) is 0 Å². The van der Waals surface area contributed by atoms with Gasteiger partial charge in [0.15, 0.2) is 6.29 Å². The Morgan fingerprint density at radius 3 is 2.17 bits per heavy atom. The Kier molecular flexibility index (Phi) is 7.65. The van der Waals surface area contributed by atoms with E-state index in [1.807, 2.05) is 36.4 Å². The van der Waals surface area contributed by atoms with E-state index in [1.165, 1.54) is 44.9 Å². The van der Waals surface area contributed by atoms with Crippen molar-refractivity contribution >= 4 is 17.1 Å². The van der Waals surface area contributed by atoms with Crippen LogP contribution in [0.5, 0.6) is 5.75 Å². The maximum Gasteiger partial charge on any atom is 0.150 e. The van der Waals surface area contributed by atoms with Gasteiger partial charge in [0.05, 0.1) is 6.61 Å². The molecule has 0 unspecified atom stereocenters. The minimum Gasteiger partial charge on any atom is -0.493 e. The van der Waals surface area contributed by atoms with Gasteiger partial charge in [0.25, 0.3) is 0 Å². The lowest BCUT2D eigenvalue weighted by Gasteiger charge is -2.10. The highest BCUT2D eigenvalue weighted by molar-refractivity contribution is 6.00. The SMILES string of the molecule is CCCCCCCCCCOc1ccc(C=O)c2ccccc12. The predicted molar refractivity (Wildman–Crippen MR) is 97.4 cm³/mol. The maximum absolute atomic E-state index is 11.1. The summed E-state index contributed by atoms with van der Waals surface area (Å²) in [5, 5.41) is 1.99. The molecule has 2 aromatic carbocycles. The van der Waals surface area contributed by atoms with Crippen LogP contribution in [0.25, 0.3) is 10.8 Å². The van der Waals surface area contributed by atoms with Gasteiger partial charge in [-0.2, -0.15) is 0 Å². The molecule has 0 aromatic heterocycles. The Hall–Kier alpha value is -1.83. The lowest BCUT2D eigenvalue weighted by molar-refractivity contribution is 0.112. The van der Waals surface area contributed by atoms with E-state index < -0.39 is 0 Å². The van der Waals surface area contributed by atoms with E-state index in [1.54, 1.807) is 0 Å². The summed E-state index contributed by atoms with van der Waals surface area (Å²) in [7, 11) is 0. The second-order valence-corrected chi connectivity index (χ2v) is 6.14. The Balaban J connectivity index is 1.76. The number of benzene rings is 2. The molecule has 0 radical (unpaired) electrons. The third-order valence-corrected chi connectivity index (χ3v) is 4.30. The summed E-state index contributed by atoms with van der Waals surface area (Å²) in [6.45, 7) is 3.00. The highest BCUT2D eigenvalue weighted by atomic mass is 16.5. The zero-order valence-electron chi connectivity index (χ0n) is 14.2. The van der Waals surface area contributed by atoms with Crippen molar-refractivity contribution in [1.29, 1.82) is 0 Å². The monoisotopic (exact) mass is 312 g/mol. The van der Waals surface area contributed by atoms with Crippen LogP contribution in [0.1, 0.15) is 68.6 Å². The molecule has 0 fully saturated rings. The largest absolute Gasteiger partial charge is 0.493 e. The first kappa shape index (κ1) is 17.5. The molecule has 2 nitrogen and oxygen atoms in total. The van der Waals surface area contributed by atoms with E-state index >= 15 is 0 Å². The zero-order chi connectivity index (χ0) is 16.3. The molecule has 23 heavy (non-hydrogen) atoms. The number of hydrogen-bond acceptors (Lipinski definition) is 2. The van der Waals surface area contributed by atoms with Gasteiger partial charge in [-0.3, -0.25) is 4.79 Å². The topological polar surface area (TPSA) is 26.3 Å². The maximum atomic E-state index is 11.1. The molecule has 0 aliphatic carbocycles. The summed E-state index contributed by atoms with van der Waals surface area (Å²) in [4.78, 5) is 11.1. The number of rotatable bonds is 11. The molecule has 0 N–H and O–H groups in total. The zero-order valence-corrected chi connectivity index (χ0v) is 14.2. The molecule has 124 valence electrons. The number of hydrogen-bond donors (Lipinski definition) is 0. The fourth-order valence-electron chi connectivity index (χ4n) is 2.94. The van der Waals surface area contributed by atoms with E-state index in [0.29, 0.717) is 0 Å². The molecule has 2 rings (SSSR count). The number of fused-ring (bicyclic) bond motifs is 1. The van der Waals surface area contributed by atoms with E-state index in [2.05, 4.69) is 6.92 Å². The van der Waals surface area contributed by atoms with Crippen molar-refractivity contribution in [3.8, 4) is 5.75 Å². The lowest BCUT2D eigenvalue weighted by Crippen LogP contribution is -1.98. The fourth-order valence-corrected chi connectivity index (χ4v) is 2.94. The summed E-state index contributed by atoms with van der Waals surface area (Å²) in [6, 6.07) is 11.7. The highest BCUT2D eigenvalue weighted by Gasteiger charge is 2.05. The third-order valence-electron chi connectivity index (χ3n) is 4.30. The molecule has 0 amide bonds. The molecule has 0 saturated heterocycles. The van der Waals surface area contributed by atoms with Crippen molar-refractivity contribution in [3.63, 3.8) is 0 Å². The Labute approximate surface area is 139 Å².